The molecule has 182 valence electrons. The predicted octanol–water partition coefficient (Wildman–Crippen LogP) is 7.62. The van der Waals surface area contributed by atoms with Gasteiger partial charge >= 0.3 is 0 Å². The summed E-state index contributed by atoms with van der Waals surface area (Å²) in [5.41, 5.74) is 10.0. The van der Waals surface area contributed by atoms with E-state index in [2.05, 4.69) is 10.6 Å². The van der Waals surface area contributed by atoms with Crippen LogP contribution in [0, 0.1) is 19.8 Å². The number of carbonyl (C=O) groups is 2. The van der Waals surface area contributed by atoms with Crippen molar-refractivity contribution in [3.63, 3.8) is 0 Å². The Hall–Kier alpha value is -2.15. The van der Waals surface area contributed by atoms with Crippen LogP contribution in [0.15, 0.2) is 48.5 Å². The largest absolute Gasteiger partial charge is 0.399 e. The predicted molar refractivity (Wildman–Crippen MR) is 145 cm³/mol. The van der Waals surface area contributed by atoms with Crippen molar-refractivity contribution in [3.05, 3.63) is 85.9 Å². The molecule has 0 saturated heterocycles. The minimum absolute atomic E-state index is 0.190. The Morgan fingerprint density at radius 3 is 2.20 bits per heavy atom. The zero-order valence-corrected chi connectivity index (χ0v) is 22.3. The average Bonchev–Trinajstić information content (AvgIpc) is 3.34. The van der Waals surface area contributed by atoms with Crippen molar-refractivity contribution >= 4 is 86.9 Å². The first kappa shape index (κ1) is 25.9. The number of nitrogens with one attached hydrogen (secondary N) is 2. The van der Waals surface area contributed by atoms with Gasteiger partial charge in [-0.25, -0.2) is 0 Å². The van der Waals surface area contributed by atoms with Crippen molar-refractivity contribution in [2.24, 2.45) is 5.92 Å². The van der Waals surface area contributed by atoms with Crippen LogP contribution in [0.25, 0.3) is 0 Å². The molecule has 4 N–H and O–H groups in total. The van der Waals surface area contributed by atoms with Crippen LogP contribution < -0.4 is 16.4 Å². The average molecular weight is 572 g/mol. The van der Waals surface area contributed by atoms with E-state index in [-0.39, 0.29) is 10.6 Å². The van der Waals surface area contributed by atoms with Crippen LogP contribution in [-0.4, -0.2) is 16.1 Å². The minimum atomic E-state index is -1.32. The lowest BCUT2D eigenvalue weighted by molar-refractivity contribution is -0.117. The summed E-state index contributed by atoms with van der Waals surface area (Å²) in [6.07, 6.45) is 0. The van der Waals surface area contributed by atoms with E-state index in [0.717, 1.165) is 11.1 Å². The molecule has 2 amide bonds. The Balaban J connectivity index is 1.52. The second kappa shape index (κ2) is 9.72. The molecule has 2 atom stereocenters. The number of nitrogens with two attached hydrogens (primary N) is 1. The second-order valence-electron chi connectivity index (χ2n) is 8.49. The van der Waals surface area contributed by atoms with Gasteiger partial charge in [-0.15, -0.1) is 23.2 Å². The summed E-state index contributed by atoms with van der Waals surface area (Å²) in [5.74, 6) is -2.07. The molecule has 1 fully saturated rings. The number of alkyl halides is 2. The lowest BCUT2D eigenvalue weighted by Crippen LogP contribution is -2.18. The summed E-state index contributed by atoms with van der Waals surface area (Å²) < 4.78 is -1.32. The quantitative estimate of drug-likeness (QED) is 0.218. The van der Waals surface area contributed by atoms with Gasteiger partial charge in [-0.3, -0.25) is 9.59 Å². The zero-order chi connectivity index (χ0) is 25.7. The number of benzene rings is 3. The van der Waals surface area contributed by atoms with E-state index in [1.165, 1.54) is 12.1 Å². The van der Waals surface area contributed by atoms with Crippen LogP contribution in [0.5, 0.6) is 0 Å². The maximum Gasteiger partial charge on any atom is 0.257 e. The molecule has 5 nitrogen and oxygen atoms in total. The van der Waals surface area contributed by atoms with Gasteiger partial charge < -0.3 is 16.4 Å². The standard InChI is InChI=1S/C25H20Cl5N3O2/c1-11-6-20(12(2)5-19(11)31)33-23(34)17-10-16(3-4-18(17)28)32-24(35)22-21(25(22,29)30)13-7-14(26)9-15(27)8-13/h3-10,21-22H,31H2,1-2H3,(H,32,35)(H,33,34)/t21-,22+/m0/s1. The van der Waals surface area contributed by atoms with Gasteiger partial charge in [-0.05, 0) is 79.1 Å². The summed E-state index contributed by atoms with van der Waals surface area (Å²) in [6, 6.07) is 13.1. The monoisotopic (exact) mass is 569 g/mol. The van der Waals surface area contributed by atoms with Crippen molar-refractivity contribution in [1.29, 1.82) is 0 Å². The Labute approximate surface area is 227 Å². The smallest absolute Gasteiger partial charge is 0.257 e. The minimum Gasteiger partial charge on any atom is -0.399 e. The molecular weight excluding hydrogens is 552 g/mol. The van der Waals surface area contributed by atoms with Crippen LogP contribution in [-0.2, 0) is 4.79 Å². The van der Waals surface area contributed by atoms with Crippen LogP contribution in [0.2, 0.25) is 15.1 Å². The molecule has 1 saturated carbocycles. The van der Waals surface area contributed by atoms with Crippen LogP contribution in [0.3, 0.4) is 0 Å². The van der Waals surface area contributed by atoms with Crippen LogP contribution in [0.1, 0.15) is 33.0 Å². The van der Waals surface area contributed by atoms with E-state index >= 15 is 0 Å². The highest BCUT2D eigenvalue weighted by atomic mass is 35.5. The van der Waals surface area contributed by atoms with E-state index < -0.39 is 28.0 Å². The Bertz CT molecular complexity index is 1340. The number of nitrogen functional groups attached to an aromatic ring is 1. The van der Waals surface area contributed by atoms with Gasteiger partial charge in [0.1, 0.15) is 4.33 Å². The summed E-state index contributed by atoms with van der Waals surface area (Å²) >= 11 is 31.3. The molecule has 0 aromatic heterocycles. The molecule has 0 unspecified atom stereocenters. The molecule has 10 heteroatoms. The number of rotatable bonds is 5. The molecule has 1 aliphatic rings. The lowest BCUT2D eigenvalue weighted by Gasteiger charge is -2.13. The van der Waals surface area contributed by atoms with E-state index in [0.29, 0.717) is 32.7 Å². The third-order valence-electron chi connectivity index (χ3n) is 5.92. The first-order valence-corrected chi connectivity index (χ1v) is 12.4. The highest BCUT2D eigenvalue weighted by molar-refractivity contribution is 6.53. The summed E-state index contributed by atoms with van der Waals surface area (Å²) in [6.45, 7) is 3.69. The van der Waals surface area contributed by atoms with Gasteiger partial charge in [0.15, 0.2) is 0 Å². The fraction of sp³-hybridized carbons (Fsp3) is 0.200. The molecule has 0 spiro atoms. The molecule has 3 aromatic carbocycles. The van der Waals surface area contributed by atoms with Gasteiger partial charge in [0.2, 0.25) is 5.91 Å². The fourth-order valence-electron chi connectivity index (χ4n) is 3.98. The summed E-state index contributed by atoms with van der Waals surface area (Å²) in [4.78, 5) is 26.0. The molecule has 0 aliphatic heterocycles. The number of aryl methyl sites for hydroxylation is 2. The highest BCUT2D eigenvalue weighted by Gasteiger charge is 2.67. The topological polar surface area (TPSA) is 84.2 Å². The molecular formula is C25H20Cl5N3O2. The summed E-state index contributed by atoms with van der Waals surface area (Å²) in [5, 5.41) is 6.69. The van der Waals surface area contributed by atoms with Crippen molar-refractivity contribution in [1.82, 2.24) is 0 Å². The van der Waals surface area contributed by atoms with Gasteiger partial charge in [0, 0.05) is 33.0 Å². The number of hydrogen-bond donors (Lipinski definition) is 3. The maximum atomic E-state index is 13.0. The van der Waals surface area contributed by atoms with Crippen LogP contribution >= 0.6 is 58.0 Å². The maximum absolute atomic E-state index is 13.0. The third-order valence-corrected chi connectivity index (χ3v) is 7.63. The number of halogens is 5. The van der Waals surface area contributed by atoms with Gasteiger partial charge in [0.05, 0.1) is 16.5 Å². The van der Waals surface area contributed by atoms with E-state index in [4.69, 9.17) is 63.7 Å². The van der Waals surface area contributed by atoms with E-state index in [1.807, 2.05) is 13.8 Å². The molecule has 0 heterocycles. The van der Waals surface area contributed by atoms with Gasteiger partial charge in [-0.1, -0.05) is 34.8 Å². The van der Waals surface area contributed by atoms with Crippen molar-refractivity contribution in [2.75, 3.05) is 16.4 Å². The molecule has 4 rings (SSSR count). The molecule has 1 aliphatic carbocycles. The lowest BCUT2D eigenvalue weighted by atomic mass is 10.1. The number of anilines is 3. The Kier molecular flexibility index (Phi) is 7.20. The Morgan fingerprint density at radius 2 is 1.54 bits per heavy atom. The molecule has 35 heavy (non-hydrogen) atoms. The third kappa shape index (κ3) is 5.35. The van der Waals surface area contributed by atoms with Crippen molar-refractivity contribution in [3.8, 4) is 0 Å². The first-order valence-electron chi connectivity index (χ1n) is 10.5. The van der Waals surface area contributed by atoms with Crippen molar-refractivity contribution in [2.45, 2.75) is 24.1 Å². The number of hydrogen-bond acceptors (Lipinski definition) is 3. The molecule has 0 bridgehead atoms. The number of carbonyl (C=O) groups excluding carboxylic acids is 2. The van der Waals surface area contributed by atoms with E-state index in [1.54, 1.807) is 36.4 Å². The fourth-order valence-corrected chi connectivity index (χ4v) is 5.56. The summed E-state index contributed by atoms with van der Waals surface area (Å²) in [7, 11) is 0. The van der Waals surface area contributed by atoms with Gasteiger partial charge in [-0.2, -0.15) is 0 Å². The molecule has 3 aromatic rings. The van der Waals surface area contributed by atoms with Crippen LogP contribution in [0.4, 0.5) is 17.1 Å². The van der Waals surface area contributed by atoms with Crippen molar-refractivity contribution < 1.29 is 9.59 Å². The number of amides is 2. The zero-order valence-electron chi connectivity index (χ0n) is 18.6. The molecule has 0 radical (unpaired) electrons. The second-order valence-corrected chi connectivity index (χ2v) is 11.2. The Morgan fingerprint density at radius 1 is 0.886 bits per heavy atom. The van der Waals surface area contributed by atoms with Gasteiger partial charge in [0.25, 0.3) is 5.91 Å². The van der Waals surface area contributed by atoms with E-state index in [9.17, 15) is 9.59 Å². The normalized spacial score (nSPS) is 18.1. The first-order chi connectivity index (χ1) is 16.4. The SMILES string of the molecule is Cc1cc(NC(=O)c2cc(NC(=O)[C@H]3[C@H](c4cc(Cl)cc(Cl)c4)C3(Cl)Cl)ccc2Cl)c(C)cc1N. The highest BCUT2D eigenvalue weighted by Crippen LogP contribution is 2.65.